The largest absolute Gasteiger partial charge is 0.311 e. The highest BCUT2D eigenvalue weighted by Crippen LogP contribution is 2.33. The van der Waals surface area contributed by atoms with Gasteiger partial charge in [-0.15, -0.1) is 11.3 Å². The van der Waals surface area contributed by atoms with E-state index in [1.165, 1.54) is 17.3 Å². The second kappa shape index (κ2) is 8.76. The fourth-order valence-corrected chi connectivity index (χ4v) is 5.83. The second-order valence-electron chi connectivity index (χ2n) is 8.36. The number of anilines is 1. The smallest absolute Gasteiger partial charge is 0.262 e. The van der Waals surface area contributed by atoms with Gasteiger partial charge < -0.3 is 4.90 Å². The van der Waals surface area contributed by atoms with Gasteiger partial charge in [-0.25, -0.2) is 9.97 Å². The van der Waals surface area contributed by atoms with Crippen molar-refractivity contribution in [2.45, 2.75) is 38.4 Å². The van der Waals surface area contributed by atoms with Crippen LogP contribution in [-0.4, -0.2) is 32.7 Å². The molecule has 8 heteroatoms. The molecule has 2 aromatic heterocycles. The number of thioether (sulfide) groups is 1. The Bertz CT molecular complexity index is 1420. The van der Waals surface area contributed by atoms with Crippen molar-refractivity contribution >= 4 is 45.6 Å². The molecule has 0 atom stereocenters. The number of hydrogen-bond donors (Lipinski definition) is 0. The van der Waals surface area contributed by atoms with Gasteiger partial charge in [0.25, 0.3) is 5.56 Å². The van der Waals surface area contributed by atoms with Crippen molar-refractivity contribution in [3.8, 4) is 11.3 Å². The molecule has 0 aliphatic carbocycles. The topological polar surface area (TPSA) is 68.1 Å². The molecule has 6 nitrogen and oxygen atoms in total. The molecule has 0 bridgehead atoms. The Morgan fingerprint density at radius 1 is 1.18 bits per heavy atom. The fraction of sp³-hybridized carbons (Fsp3) is 0.280. The highest BCUT2D eigenvalue weighted by Gasteiger charge is 2.26. The molecule has 0 saturated heterocycles. The minimum Gasteiger partial charge on any atom is -0.311 e. The summed E-state index contributed by atoms with van der Waals surface area (Å²) in [6.07, 6.45) is 0.827. The lowest BCUT2D eigenvalue weighted by Crippen LogP contribution is -2.31. The number of nitrogens with zero attached hydrogens (tertiary/aromatic N) is 4. The summed E-state index contributed by atoms with van der Waals surface area (Å²) in [7, 11) is 0. The summed E-state index contributed by atoms with van der Waals surface area (Å²) in [5.41, 5.74) is 4.79. The molecule has 0 unspecified atom stereocenters. The van der Waals surface area contributed by atoms with Gasteiger partial charge in [0, 0.05) is 29.2 Å². The zero-order valence-corrected chi connectivity index (χ0v) is 20.4. The fourth-order valence-electron chi connectivity index (χ4n) is 4.20. The molecule has 168 valence electrons. The van der Waals surface area contributed by atoms with Crippen LogP contribution in [0.15, 0.2) is 57.8 Å². The van der Waals surface area contributed by atoms with Crippen LogP contribution in [0, 0.1) is 6.92 Å². The number of carbonyl (C=O) groups excluding carboxylic acids is 1. The molecule has 0 saturated carbocycles. The zero-order valence-electron chi connectivity index (χ0n) is 18.7. The van der Waals surface area contributed by atoms with Gasteiger partial charge in [-0.1, -0.05) is 30.0 Å². The van der Waals surface area contributed by atoms with E-state index in [-0.39, 0.29) is 23.3 Å². The maximum atomic E-state index is 13.1. The first-order valence-corrected chi connectivity index (χ1v) is 12.8. The Labute approximate surface area is 200 Å². The van der Waals surface area contributed by atoms with Crippen molar-refractivity contribution in [1.82, 2.24) is 14.5 Å². The van der Waals surface area contributed by atoms with E-state index in [2.05, 4.69) is 16.4 Å². The van der Waals surface area contributed by atoms with Gasteiger partial charge in [0.2, 0.25) is 5.91 Å². The van der Waals surface area contributed by atoms with Crippen molar-refractivity contribution in [1.29, 1.82) is 0 Å². The minimum absolute atomic E-state index is 0.0220. The van der Waals surface area contributed by atoms with E-state index in [0.29, 0.717) is 22.6 Å². The average molecular weight is 477 g/mol. The van der Waals surface area contributed by atoms with E-state index in [9.17, 15) is 9.59 Å². The van der Waals surface area contributed by atoms with Gasteiger partial charge in [0.15, 0.2) is 5.16 Å². The third-order valence-electron chi connectivity index (χ3n) is 5.81. The predicted octanol–water partition coefficient (Wildman–Crippen LogP) is 5.09. The summed E-state index contributed by atoms with van der Waals surface area (Å²) in [5.74, 6) is 0.248. The molecule has 0 spiro atoms. The van der Waals surface area contributed by atoms with Gasteiger partial charge in [0.1, 0.15) is 0 Å². The number of rotatable bonds is 5. The molecular formula is C25H24N4O2S2. The standard InChI is InChI=1S/C25H24N4O2S2/c1-15(2)29-24(31)19-6-4-5-7-20(19)27-25(29)33-14-23(30)28-11-10-18-12-17(8-9-22(18)28)21-13-32-16(3)26-21/h4-9,12-13,15H,10-11,14H2,1-3H3. The highest BCUT2D eigenvalue weighted by molar-refractivity contribution is 7.99. The lowest BCUT2D eigenvalue weighted by molar-refractivity contribution is -0.116. The van der Waals surface area contributed by atoms with Crippen LogP contribution < -0.4 is 10.5 Å². The van der Waals surface area contributed by atoms with Crippen LogP contribution in [0.25, 0.3) is 22.2 Å². The van der Waals surface area contributed by atoms with Crippen molar-refractivity contribution in [3.05, 3.63) is 68.8 Å². The molecule has 4 aromatic rings. The van der Waals surface area contributed by atoms with Crippen LogP contribution in [-0.2, 0) is 11.2 Å². The molecule has 0 radical (unpaired) electrons. The van der Waals surface area contributed by atoms with Crippen molar-refractivity contribution < 1.29 is 4.79 Å². The number of aromatic nitrogens is 3. The quantitative estimate of drug-likeness (QED) is 0.296. The first-order chi connectivity index (χ1) is 15.9. The minimum atomic E-state index is -0.0677. The number of carbonyl (C=O) groups is 1. The maximum Gasteiger partial charge on any atom is 0.262 e. The van der Waals surface area contributed by atoms with Gasteiger partial charge in [-0.2, -0.15) is 0 Å². The van der Waals surface area contributed by atoms with Crippen LogP contribution >= 0.6 is 23.1 Å². The molecule has 0 fully saturated rings. The van der Waals surface area contributed by atoms with Crippen molar-refractivity contribution in [2.24, 2.45) is 0 Å². The molecule has 1 amide bonds. The molecule has 1 aliphatic rings. The molecule has 0 N–H and O–H groups in total. The van der Waals surface area contributed by atoms with Gasteiger partial charge in [-0.3, -0.25) is 14.2 Å². The van der Waals surface area contributed by atoms with Crippen LogP contribution in [0.3, 0.4) is 0 Å². The van der Waals surface area contributed by atoms with Crippen LogP contribution in [0.2, 0.25) is 0 Å². The van der Waals surface area contributed by atoms with E-state index >= 15 is 0 Å². The van der Waals surface area contributed by atoms with E-state index < -0.39 is 0 Å². The highest BCUT2D eigenvalue weighted by atomic mass is 32.2. The molecule has 1 aliphatic heterocycles. The summed E-state index contributed by atoms with van der Waals surface area (Å²) < 4.78 is 1.68. The Hall–Kier alpha value is -2.97. The summed E-state index contributed by atoms with van der Waals surface area (Å²) in [6.45, 7) is 6.59. The van der Waals surface area contributed by atoms with E-state index in [1.54, 1.807) is 22.0 Å². The molecule has 3 heterocycles. The first-order valence-electron chi connectivity index (χ1n) is 10.9. The number of fused-ring (bicyclic) bond motifs is 2. The lowest BCUT2D eigenvalue weighted by Gasteiger charge is -2.19. The molecule has 2 aromatic carbocycles. The van der Waals surface area contributed by atoms with Crippen molar-refractivity contribution in [3.63, 3.8) is 0 Å². The van der Waals surface area contributed by atoms with Crippen LogP contribution in [0.5, 0.6) is 0 Å². The maximum absolute atomic E-state index is 13.1. The SMILES string of the molecule is Cc1nc(-c2ccc3c(c2)CCN3C(=O)CSc2nc3ccccc3c(=O)n2C(C)C)cs1. The number of benzene rings is 2. The monoisotopic (exact) mass is 476 g/mol. The lowest BCUT2D eigenvalue weighted by atomic mass is 10.1. The first kappa shape index (κ1) is 21.9. The van der Waals surface area contributed by atoms with Gasteiger partial charge in [0.05, 0.1) is 27.4 Å². The van der Waals surface area contributed by atoms with E-state index in [0.717, 1.165) is 28.4 Å². The third kappa shape index (κ3) is 4.09. The van der Waals surface area contributed by atoms with Crippen LogP contribution in [0.1, 0.15) is 30.5 Å². The van der Waals surface area contributed by atoms with Crippen molar-refractivity contribution in [2.75, 3.05) is 17.2 Å². The normalized spacial score (nSPS) is 13.2. The summed E-state index contributed by atoms with van der Waals surface area (Å²) in [6, 6.07) is 13.5. The number of aryl methyl sites for hydroxylation is 1. The van der Waals surface area contributed by atoms with E-state index in [4.69, 9.17) is 4.98 Å². The Balaban J connectivity index is 1.37. The number of amides is 1. The number of thiazole rings is 1. The Morgan fingerprint density at radius 2 is 2.00 bits per heavy atom. The molecule has 33 heavy (non-hydrogen) atoms. The summed E-state index contributed by atoms with van der Waals surface area (Å²) in [5, 5.41) is 4.29. The van der Waals surface area contributed by atoms with Gasteiger partial charge >= 0.3 is 0 Å². The Kier molecular flexibility index (Phi) is 5.80. The number of para-hydroxylation sites is 1. The average Bonchev–Trinajstić information content (AvgIpc) is 3.43. The predicted molar refractivity (Wildman–Crippen MR) is 135 cm³/mol. The summed E-state index contributed by atoms with van der Waals surface area (Å²) in [4.78, 5) is 37.3. The third-order valence-corrected chi connectivity index (χ3v) is 7.52. The number of hydrogen-bond acceptors (Lipinski definition) is 6. The molecule has 5 rings (SSSR count). The summed E-state index contributed by atoms with van der Waals surface area (Å²) >= 11 is 2.97. The second-order valence-corrected chi connectivity index (χ2v) is 10.4. The van der Waals surface area contributed by atoms with Gasteiger partial charge in [-0.05, 0) is 57.0 Å². The Morgan fingerprint density at radius 3 is 2.76 bits per heavy atom. The van der Waals surface area contributed by atoms with Crippen LogP contribution in [0.4, 0.5) is 5.69 Å². The molecular weight excluding hydrogens is 452 g/mol. The van der Waals surface area contributed by atoms with E-state index in [1.807, 2.05) is 56.0 Å². The zero-order chi connectivity index (χ0) is 23.1.